The summed E-state index contributed by atoms with van der Waals surface area (Å²) in [7, 11) is 1.75. The highest BCUT2D eigenvalue weighted by Gasteiger charge is 2.17. The lowest BCUT2D eigenvalue weighted by molar-refractivity contribution is -0.131. The van der Waals surface area contributed by atoms with Crippen molar-refractivity contribution in [3.63, 3.8) is 0 Å². The normalized spacial score (nSPS) is 11.8. The van der Waals surface area contributed by atoms with Gasteiger partial charge in [0.05, 0.1) is 5.69 Å². The van der Waals surface area contributed by atoms with Crippen LogP contribution in [0.4, 0.5) is 0 Å². The van der Waals surface area contributed by atoms with Gasteiger partial charge in [0.2, 0.25) is 11.1 Å². The highest BCUT2D eigenvalue weighted by atomic mass is 35.5. The fraction of sp³-hybridized carbons (Fsp3) is 0.636. The largest absolute Gasteiger partial charge is 0.344 e. The van der Waals surface area contributed by atoms with Gasteiger partial charge in [0.15, 0.2) is 0 Å². The zero-order valence-corrected chi connectivity index (χ0v) is 12.3. The maximum Gasteiger partial charge on any atom is 0.229 e. The molecule has 0 aliphatic rings. The zero-order valence-electron chi connectivity index (χ0n) is 10.8. The number of rotatable bonds is 5. The lowest BCUT2D eigenvalue weighted by Crippen LogP contribution is -2.39. The highest BCUT2D eigenvalue weighted by molar-refractivity contribution is 6.29. The molecule has 1 rings (SSSR count). The Labute approximate surface area is 118 Å². The molecular weight excluding hydrogens is 277 g/mol. The molecule has 0 fully saturated rings. The number of nitrogens with two attached hydrogens (primary N) is 1. The molecule has 1 aromatic rings. The van der Waals surface area contributed by atoms with Gasteiger partial charge in [-0.25, -0.2) is 0 Å². The van der Waals surface area contributed by atoms with Crippen LogP contribution in [0.25, 0.3) is 0 Å². The summed E-state index contributed by atoms with van der Waals surface area (Å²) in [4.78, 5) is 13.5. The molecule has 7 heteroatoms. The van der Waals surface area contributed by atoms with Crippen LogP contribution in [0.2, 0.25) is 5.22 Å². The smallest absolute Gasteiger partial charge is 0.229 e. The van der Waals surface area contributed by atoms with E-state index in [-0.39, 0.29) is 29.6 Å². The van der Waals surface area contributed by atoms with Crippen molar-refractivity contribution in [2.24, 2.45) is 5.73 Å². The van der Waals surface area contributed by atoms with Crippen molar-refractivity contribution >= 4 is 29.9 Å². The van der Waals surface area contributed by atoms with Crippen molar-refractivity contribution in [3.8, 4) is 0 Å². The summed E-state index contributed by atoms with van der Waals surface area (Å²) in [6, 6.07) is 0.0431. The first-order chi connectivity index (χ1) is 7.97. The van der Waals surface area contributed by atoms with Crippen LogP contribution in [0.3, 0.4) is 0 Å². The van der Waals surface area contributed by atoms with E-state index in [2.05, 4.69) is 5.16 Å². The van der Waals surface area contributed by atoms with Gasteiger partial charge in [0.1, 0.15) is 0 Å². The first-order valence-electron chi connectivity index (χ1n) is 5.53. The van der Waals surface area contributed by atoms with Crippen molar-refractivity contribution in [1.29, 1.82) is 0 Å². The van der Waals surface area contributed by atoms with E-state index < -0.39 is 0 Å². The van der Waals surface area contributed by atoms with Gasteiger partial charge in [-0.05, 0) is 31.9 Å². The molecule has 0 aromatic carbocycles. The monoisotopic (exact) mass is 295 g/mol. The van der Waals surface area contributed by atoms with Crippen molar-refractivity contribution in [1.82, 2.24) is 10.1 Å². The number of likely N-dealkylation sites (N-methyl/N-ethyl adjacent to an activating group) is 1. The van der Waals surface area contributed by atoms with Gasteiger partial charge in [-0.1, -0.05) is 5.16 Å². The zero-order chi connectivity index (χ0) is 13.0. The Morgan fingerprint density at radius 1 is 1.61 bits per heavy atom. The van der Waals surface area contributed by atoms with Crippen molar-refractivity contribution in [2.45, 2.75) is 32.7 Å². The van der Waals surface area contributed by atoms with E-state index >= 15 is 0 Å². The average Bonchev–Trinajstić information content (AvgIpc) is 2.64. The van der Waals surface area contributed by atoms with Crippen molar-refractivity contribution < 1.29 is 9.32 Å². The predicted molar refractivity (Wildman–Crippen MR) is 73.1 cm³/mol. The third-order valence-corrected chi connectivity index (χ3v) is 3.22. The van der Waals surface area contributed by atoms with Gasteiger partial charge < -0.3 is 15.2 Å². The van der Waals surface area contributed by atoms with E-state index in [9.17, 15) is 4.79 Å². The molecule has 0 bridgehead atoms. The molecule has 0 spiro atoms. The number of carbonyl (C=O) groups excluding carboxylic acids is 1. The molecule has 0 aliphatic heterocycles. The number of halogens is 2. The van der Waals surface area contributed by atoms with Crippen LogP contribution in [0.15, 0.2) is 4.52 Å². The summed E-state index contributed by atoms with van der Waals surface area (Å²) in [6.45, 7) is 4.17. The Balaban J connectivity index is 0.00000289. The van der Waals surface area contributed by atoms with Crippen LogP contribution in [-0.4, -0.2) is 35.6 Å². The first-order valence-corrected chi connectivity index (χ1v) is 5.91. The fourth-order valence-electron chi connectivity index (χ4n) is 1.45. The SMILES string of the molecule is Cc1noc(Cl)c1CCC(=O)N(C)C(C)CN.Cl. The molecule has 1 aromatic heterocycles. The minimum atomic E-state index is 0. The third-order valence-electron chi connectivity index (χ3n) is 2.92. The molecule has 2 N–H and O–H groups in total. The standard InChI is InChI=1S/C11H18ClN3O2.ClH/c1-7(6-13)15(3)10(16)5-4-9-8(2)14-17-11(9)12;/h7H,4-6,13H2,1-3H3;1H. The van der Waals surface area contributed by atoms with Crippen LogP contribution in [0, 0.1) is 6.92 Å². The van der Waals surface area contributed by atoms with Gasteiger partial charge in [0.25, 0.3) is 0 Å². The molecule has 1 heterocycles. The minimum absolute atomic E-state index is 0. The van der Waals surface area contributed by atoms with Crippen LogP contribution in [0.5, 0.6) is 0 Å². The second-order valence-corrected chi connectivity index (χ2v) is 4.45. The lowest BCUT2D eigenvalue weighted by atomic mass is 10.1. The van der Waals surface area contributed by atoms with Gasteiger partial charge in [-0.3, -0.25) is 4.79 Å². The second kappa shape index (κ2) is 7.61. The Morgan fingerprint density at radius 2 is 2.22 bits per heavy atom. The molecule has 0 saturated heterocycles. The van der Waals surface area contributed by atoms with Gasteiger partial charge in [-0.15, -0.1) is 12.4 Å². The summed E-state index contributed by atoms with van der Waals surface area (Å²) >= 11 is 5.82. The summed E-state index contributed by atoms with van der Waals surface area (Å²) in [6.07, 6.45) is 0.914. The molecule has 104 valence electrons. The van der Waals surface area contributed by atoms with Gasteiger partial charge in [0, 0.05) is 31.6 Å². The van der Waals surface area contributed by atoms with Crippen LogP contribution < -0.4 is 5.73 Å². The minimum Gasteiger partial charge on any atom is -0.344 e. The molecule has 1 atom stereocenters. The Bertz CT molecular complexity index is 376. The van der Waals surface area contributed by atoms with Crippen LogP contribution >= 0.6 is 24.0 Å². The quantitative estimate of drug-likeness (QED) is 0.899. The van der Waals surface area contributed by atoms with E-state index in [0.29, 0.717) is 19.4 Å². The number of hydrogen-bond donors (Lipinski definition) is 1. The number of aryl methyl sites for hydroxylation is 1. The number of carbonyl (C=O) groups is 1. The Hall–Kier alpha value is -0.780. The van der Waals surface area contributed by atoms with E-state index in [1.165, 1.54) is 0 Å². The number of hydrogen-bond acceptors (Lipinski definition) is 4. The molecule has 0 radical (unpaired) electrons. The lowest BCUT2D eigenvalue weighted by Gasteiger charge is -2.23. The fourth-order valence-corrected chi connectivity index (χ4v) is 1.72. The number of amides is 1. The summed E-state index contributed by atoms with van der Waals surface area (Å²) in [5, 5.41) is 4.01. The summed E-state index contributed by atoms with van der Waals surface area (Å²) < 4.78 is 4.83. The second-order valence-electron chi connectivity index (χ2n) is 4.11. The predicted octanol–water partition coefficient (Wildman–Crippen LogP) is 1.80. The molecule has 1 amide bonds. The summed E-state index contributed by atoms with van der Waals surface area (Å²) in [5.41, 5.74) is 7.04. The highest BCUT2D eigenvalue weighted by Crippen LogP contribution is 2.20. The maximum absolute atomic E-state index is 11.8. The third kappa shape index (κ3) is 4.15. The number of nitrogens with zero attached hydrogens (tertiary/aromatic N) is 2. The average molecular weight is 296 g/mol. The topological polar surface area (TPSA) is 72.4 Å². The molecule has 0 aliphatic carbocycles. The molecule has 1 unspecified atom stereocenters. The van der Waals surface area contributed by atoms with E-state index in [4.69, 9.17) is 21.9 Å². The van der Waals surface area contributed by atoms with Gasteiger partial charge >= 0.3 is 0 Å². The van der Waals surface area contributed by atoms with Gasteiger partial charge in [-0.2, -0.15) is 0 Å². The Morgan fingerprint density at radius 3 is 2.67 bits per heavy atom. The molecule has 0 saturated carbocycles. The van der Waals surface area contributed by atoms with E-state index in [0.717, 1.165) is 11.3 Å². The maximum atomic E-state index is 11.8. The number of aromatic nitrogens is 1. The van der Waals surface area contributed by atoms with Crippen LogP contribution in [0.1, 0.15) is 24.6 Å². The Kier molecular flexibility index (Phi) is 7.28. The van der Waals surface area contributed by atoms with Crippen molar-refractivity contribution in [2.75, 3.05) is 13.6 Å². The van der Waals surface area contributed by atoms with Crippen LogP contribution in [-0.2, 0) is 11.2 Å². The van der Waals surface area contributed by atoms with E-state index in [1.54, 1.807) is 18.9 Å². The first kappa shape index (κ1) is 17.2. The molecular formula is C11H19Cl2N3O2. The van der Waals surface area contributed by atoms with Crippen molar-refractivity contribution in [3.05, 3.63) is 16.5 Å². The molecule has 5 nitrogen and oxygen atoms in total. The van der Waals surface area contributed by atoms with E-state index in [1.807, 2.05) is 6.92 Å². The summed E-state index contributed by atoms with van der Waals surface area (Å²) in [5.74, 6) is 0.0413. The molecule has 18 heavy (non-hydrogen) atoms.